The van der Waals surface area contributed by atoms with Crippen LogP contribution in [0.2, 0.25) is 0 Å². The van der Waals surface area contributed by atoms with Crippen LogP contribution in [0.25, 0.3) is 11.0 Å². The fourth-order valence-electron chi connectivity index (χ4n) is 2.99. The maximum atomic E-state index is 12.8. The number of thioether (sulfide) groups is 1. The van der Waals surface area contributed by atoms with E-state index in [2.05, 4.69) is 9.97 Å². The second kappa shape index (κ2) is 7.53. The predicted octanol–water partition coefficient (Wildman–Crippen LogP) is 2.98. The number of hydrogen-bond donors (Lipinski definition) is 0. The van der Waals surface area contributed by atoms with Gasteiger partial charge < -0.3 is 0 Å². The molecule has 0 N–H and O–H groups in total. The lowest BCUT2D eigenvalue weighted by atomic mass is 9.96. The van der Waals surface area contributed by atoms with Crippen molar-refractivity contribution in [3.8, 4) is 0 Å². The van der Waals surface area contributed by atoms with E-state index in [0.29, 0.717) is 16.4 Å². The fraction of sp³-hybridized carbons (Fsp3) is 0.450. The van der Waals surface area contributed by atoms with Crippen molar-refractivity contribution in [2.24, 2.45) is 14.1 Å². The standard InChI is InChI=1S/C20H24N4O3S2/c1-10-8-12(11(2)29-10)13(25)9-28-16-14-15(21-18(22-16)20(3,4)5)23(6)19(27)24(7)17(14)26/h8H,9H2,1-7H3. The lowest BCUT2D eigenvalue weighted by Gasteiger charge is -2.19. The van der Waals surface area contributed by atoms with Crippen LogP contribution in [0.15, 0.2) is 20.7 Å². The summed E-state index contributed by atoms with van der Waals surface area (Å²) >= 11 is 2.80. The average Bonchev–Trinajstić information content (AvgIpc) is 2.99. The predicted molar refractivity (Wildman–Crippen MR) is 118 cm³/mol. The molecule has 3 heterocycles. The number of aryl methyl sites for hydroxylation is 3. The first-order valence-corrected chi connectivity index (χ1v) is 10.9. The van der Waals surface area contributed by atoms with Gasteiger partial charge in [-0.3, -0.25) is 18.7 Å². The summed E-state index contributed by atoms with van der Waals surface area (Å²) in [5, 5.41) is 0.688. The molecule has 154 valence electrons. The van der Waals surface area contributed by atoms with Crippen LogP contribution >= 0.6 is 23.1 Å². The van der Waals surface area contributed by atoms with Crippen molar-refractivity contribution < 1.29 is 4.79 Å². The average molecular weight is 433 g/mol. The minimum absolute atomic E-state index is 0.0115. The van der Waals surface area contributed by atoms with Gasteiger partial charge in [0.25, 0.3) is 5.56 Å². The zero-order valence-electron chi connectivity index (χ0n) is 17.6. The number of fused-ring (bicyclic) bond motifs is 1. The summed E-state index contributed by atoms with van der Waals surface area (Å²) in [4.78, 5) is 49.1. The van der Waals surface area contributed by atoms with E-state index in [1.165, 1.54) is 23.4 Å². The summed E-state index contributed by atoms with van der Waals surface area (Å²) in [5.74, 6) is 0.659. The Kier molecular flexibility index (Phi) is 5.57. The zero-order valence-corrected chi connectivity index (χ0v) is 19.2. The molecule has 0 bridgehead atoms. The van der Waals surface area contributed by atoms with Crippen molar-refractivity contribution in [1.29, 1.82) is 0 Å². The number of Topliss-reactive ketones (excluding diaryl/α,β-unsaturated/α-hetero) is 1. The van der Waals surface area contributed by atoms with E-state index in [0.717, 1.165) is 14.3 Å². The largest absolute Gasteiger partial charge is 0.332 e. The van der Waals surface area contributed by atoms with Gasteiger partial charge in [0, 0.05) is 34.8 Å². The molecule has 0 saturated heterocycles. The summed E-state index contributed by atoms with van der Waals surface area (Å²) in [6.45, 7) is 9.79. The van der Waals surface area contributed by atoms with E-state index in [-0.39, 0.29) is 28.0 Å². The Labute approximate surface area is 176 Å². The van der Waals surface area contributed by atoms with Crippen LogP contribution in [0.1, 0.15) is 46.7 Å². The van der Waals surface area contributed by atoms with E-state index in [1.54, 1.807) is 18.4 Å². The van der Waals surface area contributed by atoms with Crippen molar-refractivity contribution in [3.05, 3.63) is 48.0 Å². The molecule has 0 aliphatic carbocycles. The maximum absolute atomic E-state index is 12.8. The van der Waals surface area contributed by atoms with Crippen molar-refractivity contribution >= 4 is 39.9 Å². The van der Waals surface area contributed by atoms with E-state index in [4.69, 9.17) is 0 Å². The number of carbonyl (C=O) groups is 1. The normalized spacial score (nSPS) is 12.0. The zero-order chi connectivity index (χ0) is 21.7. The molecule has 0 amide bonds. The first-order valence-electron chi connectivity index (χ1n) is 9.13. The Morgan fingerprint density at radius 1 is 1.14 bits per heavy atom. The van der Waals surface area contributed by atoms with Crippen molar-refractivity contribution in [1.82, 2.24) is 19.1 Å². The molecule has 9 heteroatoms. The highest BCUT2D eigenvalue weighted by Gasteiger charge is 2.24. The van der Waals surface area contributed by atoms with Crippen LogP contribution in [-0.4, -0.2) is 30.6 Å². The summed E-state index contributed by atoms with van der Waals surface area (Å²) in [5.41, 5.74) is -0.296. The third kappa shape index (κ3) is 3.93. The van der Waals surface area contributed by atoms with Crippen molar-refractivity contribution in [2.45, 2.75) is 45.1 Å². The smallest absolute Gasteiger partial charge is 0.293 e. The Morgan fingerprint density at radius 3 is 2.34 bits per heavy atom. The molecule has 3 rings (SSSR count). The highest BCUT2D eigenvalue weighted by molar-refractivity contribution is 8.00. The molecule has 0 atom stereocenters. The minimum atomic E-state index is -0.457. The van der Waals surface area contributed by atoms with Crippen LogP contribution in [0.5, 0.6) is 0 Å². The van der Waals surface area contributed by atoms with Gasteiger partial charge in [-0.2, -0.15) is 0 Å². The Balaban J connectivity index is 2.15. The topological polar surface area (TPSA) is 86.8 Å². The molecule has 0 aliphatic heterocycles. The fourth-order valence-corrected chi connectivity index (χ4v) is 4.83. The van der Waals surface area contributed by atoms with Gasteiger partial charge in [0.15, 0.2) is 11.4 Å². The third-order valence-electron chi connectivity index (χ3n) is 4.62. The van der Waals surface area contributed by atoms with Crippen LogP contribution in [0.3, 0.4) is 0 Å². The van der Waals surface area contributed by atoms with Crippen molar-refractivity contribution in [3.63, 3.8) is 0 Å². The molecular formula is C20H24N4O3S2. The van der Waals surface area contributed by atoms with Gasteiger partial charge in [0.1, 0.15) is 16.2 Å². The lowest BCUT2D eigenvalue weighted by molar-refractivity contribution is 0.102. The van der Waals surface area contributed by atoms with Gasteiger partial charge >= 0.3 is 5.69 Å². The van der Waals surface area contributed by atoms with Crippen LogP contribution in [0, 0.1) is 13.8 Å². The van der Waals surface area contributed by atoms with Crippen LogP contribution in [-0.2, 0) is 19.5 Å². The summed E-state index contributed by atoms with van der Waals surface area (Å²) in [7, 11) is 3.01. The number of rotatable bonds is 4. The lowest BCUT2D eigenvalue weighted by Crippen LogP contribution is -2.38. The molecule has 0 radical (unpaired) electrons. The number of nitrogens with zero attached hydrogens (tertiary/aromatic N) is 4. The van der Waals surface area contributed by atoms with Gasteiger partial charge in [-0.25, -0.2) is 14.8 Å². The summed E-state index contributed by atoms with van der Waals surface area (Å²) in [6.07, 6.45) is 0. The van der Waals surface area contributed by atoms with Crippen LogP contribution < -0.4 is 11.2 Å². The molecule has 0 unspecified atom stereocenters. The number of carbonyl (C=O) groups excluding carboxylic acids is 1. The van der Waals surface area contributed by atoms with E-state index < -0.39 is 11.2 Å². The number of hydrogen-bond acceptors (Lipinski definition) is 7. The Bertz CT molecular complexity index is 1250. The summed E-state index contributed by atoms with van der Waals surface area (Å²) < 4.78 is 2.40. The molecule has 3 aromatic rings. The second-order valence-corrected chi connectivity index (χ2v) is 10.5. The van der Waals surface area contributed by atoms with E-state index in [9.17, 15) is 14.4 Å². The Morgan fingerprint density at radius 2 is 1.79 bits per heavy atom. The van der Waals surface area contributed by atoms with Crippen molar-refractivity contribution in [2.75, 3.05) is 5.75 Å². The molecule has 0 aromatic carbocycles. The quantitative estimate of drug-likeness (QED) is 0.358. The highest BCUT2D eigenvalue weighted by atomic mass is 32.2. The monoisotopic (exact) mass is 432 g/mol. The number of ketones is 1. The SMILES string of the molecule is Cc1cc(C(=O)CSc2nc(C(C)(C)C)nc3c2c(=O)n(C)c(=O)n3C)c(C)s1. The third-order valence-corrected chi connectivity index (χ3v) is 6.56. The highest BCUT2D eigenvalue weighted by Crippen LogP contribution is 2.28. The van der Waals surface area contributed by atoms with Gasteiger partial charge in [-0.1, -0.05) is 32.5 Å². The molecule has 7 nitrogen and oxygen atoms in total. The first kappa shape index (κ1) is 21.4. The molecule has 29 heavy (non-hydrogen) atoms. The molecule has 0 fully saturated rings. The molecular weight excluding hydrogens is 408 g/mol. The minimum Gasteiger partial charge on any atom is -0.293 e. The number of thiophene rings is 1. The van der Waals surface area contributed by atoms with E-state index in [1.807, 2.05) is 40.7 Å². The maximum Gasteiger partial charge on any atom is 0.332 e. The molecule has 3 aromatic heterocycles. The Hall–Kier alpha value is -2.26. The van der Waals surface area contributed by atoms with Gasteiger partial charge in [-0.15, -0.1) is 11.3 Å². The first-order chi connectivity index (χ1) is 13.4. The van der Waals surface area contributed by atoms with Gasteiger partial charge in [0.2, 0.25) is 0 Å². The van der Waals surface area contributed by atoms with Gasteiger partial charge in [0.05, 0.1) is 5.75 Å². The molecule has 0 spiro atoms. The second-order valence-electron chi connectivity index (χ2n) is 8.05. The molecule has 0 saturated carbocycles. The van der Waals surface area contributed by atoms with E-state index >= 15 is 0 Å². The number of aromatic nitrogens is 4. The molecule has 0 aliphatic rings. The summed E-state index contributed by atoms with van der Waals surface area (Å²) in [6, 6.07) is 1.89. The van der Waals surface area contributed by atoms with Crippen LogP contribution in [0.4, 0.5) is 0 Å². The van der Waals surface area contributed by atoms with Gasteiger partial charge in [-0.05, 0) is 19.9 Å².